The van der Waals surface area contributed by atoms with E-state index in [9.17, 15) is 4.79 Å². The van der Waals surface area contributed by atoms with E-state index in [-0.39, 0.29) is 17.6 Å². The van der Waals surface area contributed by atoms with Crippen molar-refractivity contribution in [1.82, 2.24) is 10.2 Å². The summed E-state index contributed by atoms with van der Waals surface area (Å²) in [5.74, 6) is 0.0853. The minimum absolute atomic E-state index is 0.0152. The molecule has 1 aliphatic heterocycles. The molecule has 1 fully saturated rings. The van der Waals surface area contributed by atoms with Crippen LogP contribution in [0.3, 0.4) is 0 Å². The van der Waals surface area contributed by atoms with Crippen LogP contribution >= 0.6 is 0 Å². The summed E-state index contributed by atoms with van der Waals surface area (Å²) in [6.07, 6.45) is -0.330. The highest BCUT2D eigenvalue weighted by molar-refractivity contribution is 5.80. The van der Waals surface area contributed by atoms with E-state index in [0.29, 0.717) is 0 Å². The first kappa shape index (κ1) is 11.5. The molecule has 4 nitrogen and oxygen atoms in total. The Hall–Kier alpha value is -0.610. The first-order chi connectivity index (χ1) is 6.46. The molecule has 1 atom stereocenters. The summed E-state index contributed by atoms with van der Waals surface area (Å²) >= 11 is 0. The van der Waals surface area contributed by atoms with Crippen LogP contribution in [-0.2, 0) is 9.53 Å². The van der Waals surface area contributed by atoms with E-state index >= 15 is 0 Å². The van der Waals surface area contributed by atoms with Gasteiger partial charge in [0.2, 0.25) is 0 Å². The summed E-state index contributed by atoms with van der Waals surface area (Å²) in [5.41, 5.74) is 0.0152. The predicted octanol–water partition coefficient (Wildman–Crippen LogP) is 0.232. The van der Waals surface area contributed by atoms with Crippen LogP contribution in [0, 0.1) is 0 Å². The largest absolute Gasteiger partial charge is 0.372 e. The monoisotopic (exact) mass is 200 g/mol. The number of nitrogens with one attached hydrogen (secondary N) is 1. The van der Waals surface area contributed by atoms with Crippen molar-refractivity contribution in [1.29, 1.82) is 0 Å². The minimum Gasteiger partial charge on any atom is -0.372 e. The highest BCUT2D eigenvalue weighted by atomic mass is 16.5. The van der Waals surface area contributed by atoms with E-state index < -0.39 is 0 Å². The molecule has 0 saturated carbocycles. The number of hydrogen-bond acceptors (Lipinski definition) is 3. The molecule has 82 valence electrons. The van der Waals surface area contributed by atoms with E-state index in [1.807, 2.05) is 4.90 Å². The Bertz CT molecular complexity index is 216. The van der Waals surface area contributed by atoms with Gasteiger partial charge >= 0.3 is 0 Å². The molecule has 0 spiro atoms. The van der Waals surface area contributed by atoms with Crippen molar-refractivity contribution in [3.05, 3.63) is 0 Å². The SMILES string of the molecule is COC(C)C(=O)N1CCNC(C)(C)C1. The number of hydrogen-bond donors (Lipinski definition) is 1. The normalized spacial score (nSPS) is 23.3. The summed E-state index contributed by atoms with van der Waals surface area (Å²) in [4.78, 5) is 13.7. The van der Waals surface area contributed by atoms with Crippen molar-refractivity contribution < 1.29 is 9.53 Å². The number of methoxy groups -OCH3 is 1. The molecule has 1 amide bonds. The van der Waals surface area contributed by atoms with Gasteiger partial charge in [0.05, 0.1) is 0 Å². The molecule has 1 saturated heterocycles. The Labute approximate surface area is 85.6 Å². The van der Waals surface area contributed by atoms with Crippen LogP contribution in [0.25, 0.3) is 0 Å². The Kier molecular flexibility index (Phi) is 3.50. The Morgan fingerprint density at radius 3 is 2.71 bits per heavy atom. The molecule has 0 aromatic carbocycles. The maximum Gasteiger partial charge on any atom is 0.251 e. The fourth-order valence-electron chi connectivity index (χ4n) is 1.69. The highest BCUT2D eigenvalue weighted by Crippen LogP contribution is 2.11. The van der Waals surface area contributed by atoms with Gasteiger partial charge in [-0.2, -0.15) is 0 Å². The van der Waals surface area contributed by atoms with Gasteiger partial charge in [0.25, 0.3) is 5.91 Å². The number of ether oxygens (including phenoxy) is 1. The van der Waals surface area contributed by atoms with E-state index in [2.05, 4.69) is 19.2 Å². The first-order valence-corrected chi connectivity index (χ1v) is 5.03. The van der Waals surface area contributed by atoms with E-state index in [4.69, 9.17) is 4.74 Å². The highest BCUT2D eigenvalue weighted by Gasteiger charge is 2.30. The second kappa shape index (κ2) is 4.28. The zero-order valence-electron chi connectivity index (χ0n) is 9.46. The summed E-state index contributed by atoms with van der Waals surface area (Å²) < 4.78 is 5.02. The van der Waals surface area contributed by atoms with Gasteiger partial charge in [0.1, 0.15) is 6.10 Å². The van der Waals surface area contributed by atoms with Gasteiger partial charge in [0, 0.05) is 32.3 Å². The fraction of sp³-hybridized carbons (Fsp3) is 0.900. The molecule has 1 rings (SSSR count). The molecule has 1 aliphatic rings. The van der Waals surface area contributed by atoms with Gasteiger partial charge in [0.15, 0.2) is 0 Å². The number of piperazine rings is 1. The molecule has 14 heavy (non-hydrogen) atoms. The lowest BCUT2D eigenvalue weighted by Crippen LogP contribution is -2.59. The van der Waals surface area contributed by atoms with Crippen LogP contribution in [0.1, 0.15) is 20.8 Å². The fourth-order valence-corrected chi connectivity index (χ4v) is 1.69. The molecule has 4 heteroatoms. The average Bonchev–Trinajstić information content (AvgIpc) is 2.14. The minimum atomic E-state index is -0.330. The predicted molar refractivity (Wildman–Crippen MR) is 55.1 cm³/mol. The van der Waals surface area contributed by atoms with Gasteiger partial charge in [-0.05, 0) is 20.8 Å². The lowest BCUT2D eigenvalue weighted by Gasteiger charge is -2.39. The zero-order chi connectivity index (χ0) is 10.8. The van der Waals surface area contributed by atoms with Crippen LogP contribution in [0.15, 0.2) is 0 Å². The lowest BCUT2D eigenvalue weighted by atomic mass is 10.0. The first-order valence-electron chi connectivity index (χ1n) is 5.03. The number of nitrogens with zero attached hydrogens (tertiary/aromatic N) is 1. The van der Waals surface area contributed by atoms with Crippen LogP contribution in [-0.4, -0.2) is 49.2 Å². The number of carbonyl (C=O) groups is 1. The maximum atomic E-state index is 11.8. The third-order valence-electron chi connectivity index (χ3n) is 2.58. The summed E-state index contributed by atoms with van der Waals surface area (Å²) in [6.45, 7) is 8.37. The van der Waals surface area contributed by atoms with Crippen LogP contribution in [0.4, 0.5) is 0 Å². The van der Waals surface area contributed by atoms with Gasteiger partial charge in [-0.1, -0.05) is 0 Å². The van der Waals surface area contributed by atoms with Crippen molar-refractivity contribution in [2.75, 3.05) is 26.7 Å². The van der Waals surface area contributed by atoms with Crippen LogP contribution < -0.4 is 5.32 Å². The topological polar surface area (TPSA) is 41.6 Å². The zero-order valence-corrected chi connectivity index (χ0v) is 9.46. The maximum absolute atomic E-state index is 11.8. The summed E-state index contributed by atoms with van der Waals surface area (Å²) in [7, 11) is 1.57. The van der Waals surface area contributed by atoms with Crippen LogP contribution in [0.2, 0.25) is 0 Å². The molecule has 0 aliphatic carbocycles. The standard InChI is InChI=1S/C10H20N2O2/c1-8(14-4)9(13)12-6-5-11-10(2,3)7-12/h8,11H,5-7H2,1-4H3. The number of amides is 1. The second-order valence-electron chi connectivity index (χ2n) is 4.45. The van der Waals surface area contributed by atoms with Gasteiger partial charge in [-0.25, -0.2) is 0 Å². The molecule has 0 radical (unpaired) electrons. The van der Waals surface area contributed by atoms with Crippen molar-refractivity contribution in [2.24, 2.45) is 0 Å². The molecule has 0 bridgehead atoms. The number of rotatable bonds is 2. The quantitative estimate of drug-likeness (QED) is 0.694. The molecular weight excluding hydrogens is 180 g/mol. The third kappa shape index (κ3) is 2.69. The summed E-state index contributed by atoms with van der Waals surface area (Å²) in [5, 5.41) is 3.37. The molecule has 1 unspecified atom stereocenters. The molecular formula is C10H20N2O2. The van der Waals surface area contributed by atoms with Gasteiger partial charge in [-0.15, -0.1) is 0 Å². The lowest BCUT2D eigenvalue weighted by molar-refractivity contribution is -0.143. The third-order valence-corrected chi connectivity index (χ3v) is 2.58. The van der Waals surface area contributed by atoms with Gasteiger partial charge in [-0.3, -0.25) is 4.79 Å². The Morgan fingerprint density at radius 2 is 2.21 bits per heavy atom. The molecule has 1 heterocycles. The molecule has 1 N–H and O–H groups in total. The molecule has 0 aromatic rings. The van der Waals surface area contributed by atoms with Gasteiger partial charge < -0.3 is 15.0 Å². The van der Waals surface area contributed by atoms with Crippen molar-refractivity contribution in [3.63, 3.8) is 0 Å². The smallest absolute Gasteiger partial charge is 0.251 e. The molecule has 0 aromatic heterocycles. The van der Waals surface area contributed by atoms with Crippen molar-refractivity contribution in [3.8, 4) is 0 Å². The Balaban J connectivity index is 2.56. The second-order valence-corrected chi connectivity index (χ2v) is 4.45. The summed E-state index contributed by atoms with van der Waals surface area (Å²) in [6, 6.07) is 0. The van der Waals surface area contributed by atoms with E-state index in [0.717, 1.165) is 19.6 Å². The Morgan fingerprint density at radius 1 is 1.57 bits per heavy atom. The van der Waals surface area contributed by atoms with E-state index in [1.54, 1.807) is 14.0 Å². The van der Waals surface area contributed by atoms with Crippen molar-refractivity contribution >= 4 is 5.91 Å². The average molecular weight is 200 g/mol. The van der Waals surface area contributed by atoms with E-state index in [1.165, 1.54) is 0 Å². The van der Waals surface area contributed by atoms with Crippen molar-refractivity contribution in [2.45, 2.75) is 32.4 Å². The van der Waals surface area contributed by atoms with Crippen LogP contribution in [0.5, 0.6) is 0 Å². The number of carbonyl (C=O) groups excluding carboxylic acids is 1.